The van der Waals surface area contributed by atoms with Gasteiger partial charge in [-0.1, -0.05) is 6.92 Å². The molecule has 0 bridgehead atoms. The van der Waals surface area contributed by atoms with Gasteiger partial charge in [0.15, 0.2) is 0 Å². The molecule has 112 valence electrons. The van der Waals surface area contributed by atoms with E-state index in [1.54, 1.807) is 11.3 Å². The van der Waals surface area contributed by atoms with Crippen LogP contribution in [0.1, 0.15) is 29.3 Å². The number of rotatable bonds is 7. The van der Waals surface area contributed by atoms with Crippen LogP contribution in [0.4, 0.5) is 10.2 Å². The number of nitrogens with one attached hydrogen (secondary N) is 2. The fraction of sp³-hybridized carbons (Fsp3) is 0.333. The number of halogens is 1. The van der Waals surface area contributed by atoms with E-state index in [-0.39, 0.29) is 11.5 Å². The molecule has 2 aromatic heterocycles. The van der Waals surface area contributed by atoms with Crippen LogP contribution in [-0.4, -0.2) is 24.0 Å². The summed E-state index contributed by atoms with van der Waals surface area (Å²) in [6.07, 6.45) is 2.77. The number of pyridine rings is 1. The Hall–Kier alpha value is -1.95. The highest BCUT2D eigenvalue weighted by molar-refractivity contribution is 7.07. The van der Waals surface area contributed by atoms with Gasteiger partial charge in [0, 0.05) is 13.1 Å². The number of thiophene rings is 1. The van der Waals surface area contributed by atoms with E-state index < -0.39 is 5.82 Å². The maximum atomic E-state index is 13.3. The molecule has 1 amide bonds. The minimum absolute atomic E-state index is 0.244. The lowest BCUT2D eigenvalue weighted by molar-refractivity contribution is 0.0954. The number of carbonyl (C=O) groups excluding carboxylic acids is 1. The summed E-state index contributed by atoms with van der Waals surface area (Å²) < 4.78 is 13.3. The van der Waals surface area contributed by atoms with Crippen molar-refractivity contribution in [1.82, 2.24) is 10.3 Å². The zero-order valence-corrected chi connectivity index (χ0v) is 12.7. The highest BCUT2D eigenvalue weighted by Crippen LogP contribution is 2.14. The standard InChI is InChI=1S/C15H18FN3OS/c1-2-5-17-14-13(8-12(16)9-19-14)15(20)18-6-3-11-4-7-21-10-11/h4,7-10H,2-3,5-6H2,1H3,(H,17,19)(H,18,20). The zero-order chi connectivity index (χ0) is 15.1. The number of hydrogen-bond acceptors (Lipinski definition) is 4. The van der Waals surface area contributed by atoms with Crippen LogP contribution < -0.4 is 10.6 Å². The van der Waals surface area contributed by atoms with Crippen LogP contribution >= 0.6 is 11.3 Å². The number of hydrogen-bond donors (Lipinski definition) is 2. The molecule has 0 aliphatic carbocycles. The Morgan fingerprint density at radius 3 is 3.00 bits per heavy atom. The van der Waals surface area contributed by atoms with E-state index in [0.717, 1.165) is 19.0 Å². The summed E-state index contributed by atoms with van der Waals surface area (Å²) in [7, 11) is 0. The molecule has 21 heavy (non-hydrogen) atoms. The first kappa shape index (κ1) is 15.4. The van der Waals surface area contributed by atoms with Crippen molar-refractivity contribution in [1.29, 1.82) is 0 Å². The van der Waals surface area contributed by atoms with Gasteiger partial charge in [0.2, 0.25) is 0 Å². The van der Waals surface area contributed by atoms with Gasteiger partial charge in [0.05, 0.1) is 11.8 Å². The molecular formula is C15H18FN3OS. The maximum Gasteiger partial charge on any atom is 0.255 e. The second-order valence-corrected chi connectivity index (χ2v) is 5.39. The molecular weight excluding hydrogens is 289 g/mol. The van der Waals surface area contributed by atoms with Crippen molar-refractivity contribution in [3.63, 3.8) is 0 Å². The van der Waals surface area contributed by atoms with Crippen LogP contribution in [0, 0.1) is 5.82 Å². The van der Waals surface area contributed by atoms with Crippen molar-refractivity contribution in [3.8, 4) is 0 Å². The molecule has 0 aliphatic heterocycles. The van der Waals surface area contributed by atoms with E-state index in [9.17, 15) is 9.18 Å². The van der Waals surface area contributed by atoms with E-state index in [4.69, 9.17) is 0 Å². The molecule has 0 saturated carbocycles. The Morgan fingerprint density at radius 2 is 2.29 bits per heavy atom. The van der Waals surface area contributed by atoms with Gasteiger partial charge in [-0.15, -0.1) is 0 Å². The summed E-state index contributed by atoms with van der Waals surface area (Å²) in [5, 5.41) is 9.88. The molecule has 4 nitrogen and oxygen atoms in total. The van der Waals surface area contributed by atoms with E-state index >= 15 is 0 Å². The molecule has 0 saturated heterocycles. The quantitative estimate of drug-likeness (QED) is 0.826. The highest BCUT2D eigenvalue weighted by Gasteiger charge is 2.13. The van der Waals surface area contributed by atoms with Gasteiger partial charge in [-0.3, -0.25) is 4.79 Å². The Balaban J connectivity index is 1.98. The first-order chi connectivity index (χ1) is 10.2. The summed E-state index contributed by atoms with van der Waals surface area (Å²) >= 11 is 1.63. The van der Waals surface area contributed by atoms with Gasteiger partial charge in [0.25, 0.3) is 5.91 Å². The Morgan fingerprint density at radius 1 is 1.43 bits per heavy atom. The van der Waals surface area contributed by atoms with Gasteiger partial charge in [0.1, 0.15) is 11.6 Å². The molecule has 2 N–H and O–H groups in total. The predicted molar refractivity (Wildman–Crippen MR) is 83.3 cm³/mol. The second kappa shape index (κ2) is 7.73. The molecule has 0 unspecified atom stereocenters. The third kappa shape index (κ3) is 4.53. The number of aromatic nitrogens is 1. The van der Waals surface area contributed by atoms with Gasteiger partial charge in [-0.05, 0) is 41.3 Å². The molecule has 2 rings (SSSR count). The van der Waals surface area contributed by atoms with Gasteiger partial charge >= 0.3 is 0 Å². The van der Waals surface area contributed by atoms with Crippen molar-refractivity contribution in [2.24, 2.45) is 0 Å². The maximum absolute atomic E-state index is 13.3. The lowest BCUT2D eigenvalue weighted by atomic mass is 10.2. The van der Waals surface area contributed by atoms with Crippen molar-refractivity contribution in [3.05, 3.63) is 46.0 Å². The molecule has 2 aromatic rings. The first-order valence-corrected chi connectivity index (χ1v) is 7.83. The normalized spacial score (nSPS) is 10.4. The van der Waals surface area contributed by atoms with Crippen molar-refractivity contribution >= 4 is 23.1 Å². The Bertz CT molecular complexity index is 587. The van der Waals surface area contributed by atoms with Crippen LogP contribution in [0.25, 0.3) is 0 Å². The monoisotopic (exact) mass is 307 g/mol. The zero-order valence-electron chi connectivity index (χ0n) is 11.9. The van der Waals surface area contributed by atoms with E-state index in [1.165, 1.54) is 11.6 Å². The number of anilines is 1. The lowest BCUT2D eigenvalue weighted by Gasteiger charge is -2.10. The molecule has 6 heteroatoms. The summed E-state index contributed by atoms with van der Waals surface area (Å²) in [6.45, 7) is 3.21. The third-order valence-corrected chi connectivity index (χ3v) is 3.65. The summed E-state index contributed by atoms with van der Waals surface area (Å²) in [5.41, 5.74) is 1.43. The lowest BCUT2D eigenvalue weighted by Crippen LogP contribution is -2.27. The molecule has 2 heterocycles. The molecule has 0 aliphatic rings. The number of nitrogens with zero attached hydrogens (tertiary/aromatic N) is 1. The minimum Gasteiger partial charge on any atom is -0.369 e. The number of carbonyl (C=O) groups is 1. The minimum atomic E-state index is -0.514. The van der Waals surface area contributed by atoms with Crippen LogP contribution in [-0.2, 0) is 6.42 Å². The first-order valence-electron chi connectivity index (χ1n) is 6.89. The summed E-state index contributed by atoms with van der Waals surface area (Å²) in [4.78, 5) is 16.1. The Labute approximate surface area is 127 Å². The third-order valence-electron chi connectivity index (χ3n) is 2.92. The average Bonchev–Trinajstić information content (AvgIpc) is 2.99. The van der Waals surface area contributed by atoms with Crippen LogP contribution in [0.2, 0.25) is 0 Å². The molecule has 0 fully saturated rings. The fourth-order valence-corrected chi connectivity index (χ4v) is 2.55. The molecule has 0 atom stereocenters. The molecule has 0 radical (unpaired) electrons. The largest absolute Gasteiger partial charge is 0.369 e. The Kier molecular flexibility index (Phi) is 5.68. The van der Waals surface area contributed by atoms with Crippen LogP contribution in [0.3, 0.4) is 0 Å². The van der Waals surface area contributed by atoms with Crippen molar-refractivity contribution in [2.45, 2.75) is 19.8 Å². The topological polar surface area (TPSA) is 54.0 Å². The summed E-state index contributed by atoms with van der Waals surface area (Å²) in [6, 6.07) is 3.24. The average molecular weight is 307 g/mol. The van der Waals surface area contributed by atoms with Gasteiger partial charge < -0.3 is 10.6 Å². The predicted octanol–water partition coefficient (Wildman–Crippen LogP) is 3.08. The van der Waals surface area contributed by atoms with Crippen molar-refractivity contribution in [2.75, 3.05) is 18.4 Å². The second-order valence-electron chi connectivity index (χ2n) is 4.61. The van der Waals surface area contributed by atoms with Crippen LogP contribution in [0.15, 0.2) is 29.1 Å². The molecule has 0 aromatic carbocycles. The number of amides is 1. The van der Waals surface area contributed by atoms with Crippen molar-refractivity contribution < 1.29 is 9.18 Å². The summed E-state index contributed by atoms with van der Waals surface area (Å²) in [5.74, 6) is -0.401. The van der Waals surface area contributed by atoms with E-state index in [1.807, 2.05) is 23.8 Å². The molecule has 0 spiro atoms. The van der Waals surface area contributed by atoms with Gasteiger partial charge in [-0.2, -0.15) is 11.3 Å². The SMILES string of the molecule is CCCNc1ncc(F)cc1C(=O)NCCc1ccsc1. The fourth-order valence-electron chi connectivity index (χ4n) is 1.85. The van der Waals surface area contributed by atoms with Crippen LogP contribution in [0.5, 0.6) is 0 Å². The van der Waals surface area contributed by atoms with Gasteiger partial charge in [-0.25, -0.2) is 9.37 Å². The van der Waals surface area contributed by atoms with E-state index in [2.05, 4.69) is 15.6 Å². The highest BCUT2D eigenvalue weighted by atomic mass is 32.1. The smallest absolute Gasteiger partial charge is 0.255 e. The van der Waals surface area contributed by atoms with E-state index in [0.29, 0.717) is 18.9 Å².